The van der Waals surface area contributed by atoms with Crippen LogP contribution in [0.2, 0.25) is 0 Å². The molecule has 0 fully saturated rings. The number of hydrogen-bond acceptors (Lipinski definition) is 3. The molecule has 2 rings (SSSR count). The zero-order valence-electron chi connectivity index (χ0n) is 9.68. The highest BCUT2D eigenvalue weighted by Gasteiger charge is 2.12. The average Bonchev–Trinajstić information content (AvgIpc) is 2.39. The molecule has 0 aliphatic heterocycles. The molecule has 0 atom stereocenters. The number of methoxy groups -OCH3 is 1. The maximum atomic E-state index is 12.1. The molecule has 1 heterocycles. The lowest BCUT2D eigenvalue weighted by Crippen LogP contribution is -2.13. The summed E-state index contributed by atoms with van der Waals surface area (Å²) in [7, 11) is 1.53. The summed E-state index contributed by atoms with van der Waals surface area (Å²) < 4.78 is 6.04. The molecule has 0 bridgehead atoms. The van der Waals surface area contributed by atoms with Gasteiger partial charge >= 0.3 is 0 Å². The Morgan fingerprint density at radius 3 is 2.89 bits per heavy atom. The zero-order chi connectivity index (χ0) is 13.0. The van der Waals surface area contributed by atoms with Gasteiger partial charge in [0.2, 0.25) is 0 Å². The smallest absolute Gasteiger partial charge is 0.259 e. The van der Waals surface area contributed by atoms with Gasteiger partial charge in [-0.25, -0.2) is 0 Å². The van der Waals surface area contributed by atoms with E-state index in [1.54, 1.807) is 42.7 Å². The van der Waals surface area contributed by atoms with Gasteiger partial charge in [-0.1, -0.05) is 15.9 Å². The van der Waals surface area contributed by atoms with Crippen LogP contribution in [-0.2, 0) is 0 Å². The summed E-state index contributed by atoms with van der Waals surface area (Å²) in [4.78, 5) is 16.0. The summed E-state index contributed by atoms with van der Waals surface area (Å²) in [5.74, 6) is 0.290. The van der Waals surface area contributed by atoms with E-state index in [0.29, 0.717) is 17.0 Å². The van der Waals surface area contributed by atoms with E-state index in [1.165, 1.54) is 7.11 Å². The number of amides is 1. The average molecular weight is 307 g/mol. The fraction of sp³-hybridized carbons (Fsp3) is 0.0769. The fourth-order valence-corrected chi connectivity index (χ4v) is 1.83. The van der Waals surface area contributed by atoms with Crippen LogP contribution in [0, 0.1) is 0 Å². The Hall–Kier alpha value is -1.88. The predicted molar refractivity (Wildman–Crippen MR) is 72.9 cm³/mol. The van der Waals surface area contributed by atoms with Crippen molar-refractivity contribution in [2.75, 3.05) is 12.4 Å². The number of nitrogens with zero attached hydrogens (tertiary/aromatic N) is 1. The number of hydrogen-bond donors (Lipinski definition) is 1. The van der Waals surface area contributed by atoms with E-state index < -0.39 is 0 Å². The number of carbonyl (C=O) groups excluding carboxylic acids is 1. The number of aromatic nitrogens is 1. The van der Waals surface area contributed by atoms with Crippen molar-refractivity contribution in [3.8, 4) is 5.75 Å². The third kappa shape index (κ3) is 2.87. The SMILES string of the molecule is COc1cc(Br)ccc1C(=O)Nc1cccnc1. The van der Waals surface area contributed by atoms with Gasteiger partial charge in [-0.15, -0.1) is 0 Å². The molecular formula is C13H11BrN2O2. The summed E-state index contributed by atoms with van der Waals surface area (Å²) >= 11 is 3.33. The second-order valence-corrected chi connectivity index (χ2v) is 4.46. The molecule has 0 aliphatic rings. The summed E-state index contributed by atoms with van der Waals surface area (Å²) in [6.07, 6.45) is 3.24. The van der Waals surface area contributed by atoms with Crippen molar-refractivity contribution in [1.82, 2.24) is 4.98 Å². The molecule has 18 heavy (non-hydrogen) atoms. The Morgan fingerprint density at radius 1 is 1.39 bits per heavy atom. The number of nitrogens with one attached hydrogen (secondary N) is 1. The van der Waals surface area contributed by atoms with Crippen molar-refractivity contribution < 1.29 is 9.53 Å². The van der Waals surface area contributed by atoms with Gasteiger partial charge < -0.3 is 10.1 Å². The third-order valence-corrected chi connectivity index (χ3v) is 2.82. The topological polar surface area (TPSA) is 51.2 Å². The van der Waals surface area contributed by atoms with Gasteiger partial charge in [-0.05, 0) is 30.3 Å². The van der Waals surface area contributed by atoms with Crippen LogP contribution in [0.4, 0.5) is 5.69 Å². The Morgan fingerprint density at radius 2 is 2.22 bits per heavy atom. The minimum atomic E-state index is -0.229. The molecule has 1 aromatic carbocycles. The first-order valence-electron chi connectivity index (χ1n) is 5.25. The second-order valence-electron chi connectivity index (χ2n) is 3.54. The van der Waals surface area contributed by atoms with Crippen molar-refractivity contribution in [2.24, 2.45) is 0 Å². The molecule has 0 aliphatic carbocycles. The maximum absolute atomic E-state index is 12.1. The van der Waals surface area contributed by atoms with Gasteiger partial charge in [0, 0.05) is 10.7 Å². The van der Waals surface area contributed by atoms with Crippen LogP contribution < -0.4 is 10.1 Å². The largest absolute Gasteiger partial charge is 0.496 e. The number of benzene rings is 1. The number of pyridine rings is 1. The van der Waals surface area contributed by atoms with E-state index in [2.05, 4.69) is 26.2 Å². The molecule has 4 nitrogen and oxygen atoms in total. The van der Waals surface area contributed by atoms with E-state index in [9.17, 15) is 4.79 Å². The molecule has 5 heteroatoms. The van der Waals surface area contributed by atoms with Crippen LogP contribution in [-0.4, -0.2) is 18.0 Å². The molecular weight excluding hydrogens is 296 g/mol. The van der Waals surface area contributed by atoms with E-state index in [-0.39, 0.29) is 5.91 Å². The Labute approximate surface area is 113 Å². The Balaban J connectivity index is 2.24. The van der Waals surface area contributed by atoms with Crippen molar-refractivity contribution >= 4 is 27.5 Å². The lowest BCUT2D eigenvalue weighted by Gasteiger charge is -2.09. The normalized spacial score (nSPS) is 9.89. The predicted octanol–water partition coefficient (Wildman–Crippen LogP) is 3.11. The fourth-order valence-electron chi connectivity index (χ4n) is 1.49. The van der Waals surface area contributed by atoms with Crippen molar-refractivity contribution in [1.29, 1.82) is 0 Å². The highest BCUT2D eigenvalue weighted by atomic mass is 79.9. The van der Waals surface area contributed by atoms with Gasteiger partial charge in [0.1, 0.15) is 5.75 Å². The lowest BCUT2D eigenvalue weighted by atomic mass is 10.2. The van der Waals surface area contributed by atoms with Crippen LogP contribution >= 0.6 is 15.9 Å². The monoisotopic (exact) mass is 306 g/mol. The third-order valence-electron chi connectivity index (χ3n) is 2.33. The van der Waals surface area contributed by atoms with Crippen LogP contribution in [0.25, 0.3) is 0 Å². The van der Waals surface area contributed by atoms with E-state index >= 15 is 0 Å². The Bertz CT molecular complexity index is 558. The van der Waals surface area contributed by atoms with E-state index in [1.807, 2.05) is 0 Å². The van der Waals surface area contributed by atoms with Gasteiger partial charge in [-0.2, -0.15) is 0 Å². The first-order valence-corrected chi connectivity index (χ1v) is 6.05. The van der Waals surface area contributed by atoms with Gasteiger partial charge in [0.25, 0.3) is 5.91 Å². The molecule has 1 aromatic heterocycles. The van der Waals surface area contributed by atoms with Gasteiger partial charge in [0.05, 0.1) is 24.6 Å². The first kappa shape index (κ1) is 12.6. The summed E-state index contributed by atoms with van der Waals surface area (Å²) in [5, 5.41) is 2.76. The van der Waals surface area contributed by atoms with Crippen molar-refractivity contribution in [3.05, 3.63) is 52.8 Å². The number of carbonyl (C=O) groups is 1. The quantitative estimate of drug-likeness (QED) is 0.948. The van der Waals surface area contributed by atoms with Crippen molar-refractivity contribution in [2.45, 2.75) is 0 Å². The Kier molecular flexibility index (Phi) is 3.94. The zero-order valence-corrected chi connectivity index (χ0v) is 11.3. The van der Waals surface area contributed by atoms with Crippen LogP contribution in [0.5, 0.6) is 5.75 Å². The van der Waals surface area contributed by atoms with Gasteiger partial charge in [0.15, 0.2) is 0 Å². The molecule has 0 saturated carbocycles. The summed E-state index contributed by atoms with van der Waals surface area (Å²) in [5.41, 5.74) is 1.12. The van der Waals surface area contributed by atoms with Crippen molar-refractivity contribution in [3.63, 3.8) is 0 Å². The lowest BCUT2D eigenvalue weighted by molar-refractivity contribution is 0.102. The van der Waals surface area contributed by atoms with Gasteiger partial charge in [-0.3, -0.25) is 9.78 Å². The summed E-state index contributed by atoms with van der Waals surface area (Å²) in [6, 6.07) is 8.78. The number of anilines is 1. The first-order chi connectivity index (χ1) is 8.70. The standard InChI is InChI=1S/C13H11BrN2O2/c1-18-12-7-9(14)4-5-11(12)13(17)16-10-3-2-6-15-8-10/h2-8H,1H3,(H,16,17). The van der Waals surface area contributed by atoms with E-state index in [4.69, 9.17) is 4.74 Å². The maximum Gasteiger partial charge on any atom is 0.259 e. The molecule has 0 unspecified atom stereocenters. The molecule has 1 N–H and O–H groups in total. The molecule has 0 saturated heterocycles. The molecule has 0 radical (unpaired) electrons. The van der Waals surface area contributed by atoms with Crippen LogP contribution in [0.15, 0.2) is 47.2 Å². The molecule has 1 amide bonds. The molecule has 2 aromatic rings. The highest BCUT2D eigenvalue weighted by molar-refractivity contribution is 9.10. The van der Waals surface area contributed by atoms with E-state index in [0.717, 1.165) is 4.47 Å². The van der Waals surface area contributed by atoms with Crippen LogP contribution in [0.1, 0.15) is 10.4 Å². The minimum absolute atomic E-state index is 0.229. The summed E-state index contributed by atoms with van der Waals surface area (Å²) in [6.45, 7) is 0. The highest BCUT2D eigenvalue weighted by Crippen LogP contribution is 2.24. The second kappa shape index (κ2) is 5.64. The number of ether oxygens (including phenoxy) is 1. The number of halogens is 1. The number of rotatable bonds is 3. The minimum Gasteiger partial charge on any atom is -0.496 e. The molecule has 0 spiro atoms. The molecule has 92 valence electrons. The van der Waals surface area contributed by atoms with Crippen LogP contribution in [0.3, 0.4) is 0 Å².